The van der Waals surface area contributed by atoms with E-state index >= 15 is 0 Å². The molecule has 0 aliphatic heterocycles. The number of hydrogen-bond donors (Lipinski definition) is 2. The first-order valence-electron chi connectivity index (χ1n) is 6.53. The van der Waals surface area contributed by atoms with Gasteiger partial charge in [-0.05, 0) is 37.5 Å². The predicted octanol–water partition coefficient (Wildman–Crippen LogP) is 1.80. The highest BCUT2D eigenvalue weighted by Gasteiger charge is 2.23. The molecule has 0 aromatic rings. The molecule has 0 bridgehead atoms. The minimum atomic E-state index is -0.368. The van der Waals surface area contributed by atoms with E-state index < -0.39 is 0 Å². The van der Waals surface area contributed by atoms with Crippen LogP contribution < -0.4 is 5.32 Å². The highest BCUT2D eigenvalue weighted by Crippen LogP contribution is 2.29. The Bertz CT molecular complexity index is 177. The van der Waals surface area contributed by atoms with Gasteiger partial charge in [0, 0.05) is 19.7 Å². The van der Waals surface area contributed by atoms with Gasteiger partial charge in [0.25, 0.3) is 0 Å². The van der Waals surface area contributed by atoms with Crippen molar-refractivity contribution in [2.75, 3.05) is 20.3 Å². The highest BCUT2D eigenvalue weighted by molar-refractivity contribution is 4.79. The van der Waals surface area contributed by atoms with E-state index in [1.807, 2.05) is 0 Å². The van der Waals surface area contributed by atoms with Crippen molar-refractivity contribution in [2.24, 2.45) is 11.8 Å². The molecule has 0 spiro atoms. The molecule has 1 aliphatic carbocycles. The maximum atomic E-state index is 9.53. The van der Waals surface area contributed by atoms with Crippen molar-refractivity contribution in [1.29, 1.82) is 0 Å². The van der Waals surface area contributed by atoms with E-state index in [9.17, 15) is 5.11 Å². The molecular weight excluding hydrogens is 202 g/mol. The molecule has 96 valence electrons. The number of aliphatic hydroxyl groups is 1. The van der Waals surface area contributed by atoms with Crippen molar-refractivity contribution < 1.29 is 9.84 Å². The molecule has 1 rings (SSSR count). The van der Waals surface area contributed by atoms with Gasteiger partial charge in [-0.1, -0.05) is 13.8 Å². The number of methoxy groups -OCH3 is 1. The average Bonchev–Trinajstić information content (AvgIpc) is 2.27. The number of rotatable bonds is 6. The van der Waals surface area contributed by atoms with E-state index in [0.717, 1.165) is 11.8 Å². The zero-order valence-corrected chi connectivity index (χ0v) is 10.9. The molecule has 2 N–H and O–H groups in total. The standard InChI is InChI=1S/C13H27NO2/c1-10(2)11-4-6-12(7-5-11)14-8-13(15)9-16-3/h10-15H,4-9H2,1-3H3. The molecule has 0 heterocycles. The minimum absolute atomic E-state index is 0.368. The third-order valence-electron chi connectivity index (χ3n) is 3.72. The molecule has 1 fully saturated rings. The Hall–Kier alpha value is -0.120. The highest BCUT2D eigenvalue weighted by atomic mass is 16.5. The lowest BCUT2D eigenvalue weighted by molar-refractivity contribution is 0.0608. The van der Waals surface area contributed by atoms with Crippen molar-refractivity contribution in [3.05, 3.63) is 0 Å². The van der Waals surface area contributed by atoms with Gasteiger partial charge in [-0.3, -0.25) is 0 Å². The molecule has 1 unspecified atom stereocenters. The molecule has 3 heteroatoms. The largest absolute Gasteiger partial charge is 0.389 e. The molecule has 0 aromatic heterocycles. The Morgan fingerprint density at radius 3 is 2.38 bits per heavy atom. The summed E-state index contributed by atoms with van der Waals surface area (Å²) in [5, 5.41) is 13.0. The number of hydrogen-bond acceptors (Lipinski definition) is 3. The lowest BCUT2D eigenvalue weighted by Crippen LogP contribution is -2.39. The molecule has 0 saturated heterocycles. The number of aliphatic hydroxyl groups excluding tert-OH is 1. The second-order valence-electron chi connectivity index (χ2n) is 5.37. The first-order chi connectivity index (χ1) is 7.63. The molecule has 1 aliphatic rings. The lowest BCUT2D eigenvalue weighted by atomic mass is 9.80. The molecule has 1 saturated carbocycles. The van der Waals surface area contributed by atoms with Crippen LogP contribution in [0.5, 0.6) is 0 Å². The van der Waals surface area contributed by atoms with Crippen LogP contribution in [0.4, 0.5) is 0 Å². The summed E-state index contributed by atoms with van der Waals surface area (Å²) in [7, 11) is 1.62. The van der Waals surface area contributed by atoms with Crippen molar-refractivity contribution >= 4 is 0 Å². The molecule has 1 atom stereocenters. The fraction of sp³-hybridized carbons (Fsp3) is 1.00. The molecule has 0 radical (unpaired) electrons. The van der Waals surface area contributed by atoms with Gasteiger partial charge in [-0.15, -0.1) is 0 Å². The van der Waals surface area contributed by atoms with Crippen LogP contribution in [0, 0.1) is 11.8 Å². The fourth-order valence-electron chi connectivity index (χ4n) is 2.54. The van der Waals surface area contributed by atoms with Crippen molar-refractivity contribution in [2.45, 2.75) is 51.7 Å². The van der Waals surface area contributed by atoms with E-state index in [0.29, 0.717) is 19.2 Å². The summed E-state index contributed by atoms with van der Waals surface area (Å²) in [6.45, 7) is 5.72. The third kappa shape index (κ3) is 4.81. The van der Waals surface area contributed by atoms with Crippen LogP contribution in [0.15, 0.2) is 0 Å². The lowest BCUT2D eigenvalue weighted by Gasteiger charge is -2.31. The van der Waals surface area contributed by atoms with Gasteiger partial charge in [0.15, 0.2) is 0 Å². The summed E-state index contributed by atoms with van der Waals surface area (Å²) in [5.41, 5.74) is 0. The topological polar surface area (TPSA) is 41.5 Å². The molecule has 16 heavy (non-hydrogen) atoms. The Labute approximate surface area is 99.6 Å². The Balaban J connectivity index is 2.12. The molecule has 0 amide bonds. The van der Waals surface area contributed by atoms with Gasteiger partial charge in [0.2, 0.25) is 0 Å². The first-order valence-corrected chi connectivity index (χ1v) is 6.53. The smallest absolute Gasteiger partial charge is 0.0897 e. The van der Waals surface area contributed by atoms with E-state index in [1.54, 1.807) is 7.11 Å². The second-order valence-corrected chi connectivity index (χ2v) is 5.37. The Kier molecular flexibility index (Phi) is 6.32. The summed E-state index contributed by atoms with van der Waals surface area (Å²) >= 11 is 0. The normalized spacial score (nSPS) is 28.3. The maximum absolute atomic E-state index is 9.53. The summed E-state index contributed by atoms with van der Waals surface area (Å²) < 4.78 is 4.90. The average molecular weight is 229 g/mol. The van der Waals surface area contributed by atoms with E-state index in [2.05, 4.69) is 19.2 Å². The van der Waals surface area contributed by atoms with Crippen LogP contribution in [-0.2, 0) is 4.74 Å². The van der Waals surface area contributed by atoms with Gasteiger partial charge >= 0.3 is 0 Å². The van der Waals surface area contributed by atoms with Crippen LogP contribution in [0.25, 0.3) is 0 Å². The third-order valence-corrected chi connectivity index (χ3v) is 3.72. The minimum Gasteiger partial charge on any atom is -0.389 e. The first kappa shape index (κ1) is 13.9. The summed E-state index contributed by atoms with van der Waals surface area (Å²) in [4.78, 5) is 0. The predicted molar refractivity (Wildman–Crippen MR) is 66.5 cm³/mol. The zero-order chi connectivity index (χ0) is 12.0. The van der Waals surface area contributed by atoms with Crippen molar-refractivity contribution in [3.63, 3.8) is 0 Å². The van der Waals surface area contributed by atoms with Gasteiger partial charge in [-0.25, -0.2) is 0 Å². The molecular formula is C13H27NO2. The summed E-state index contributed by atoms with van der Waals surface area (Å²) in [5.74, 6) is 1.72. The van der Waals surface area contributed by atoms with E-state index in [-0.39, 0.29) is 6.10 Å². The summed E-state index contributed by atoms with van der Waals surface area (Å²) in [6, 6.07) is 0.599. The van der Waals surface area contributed by atoms with Crippen LogP contribution in [-0.4, -0.2) is 37.5 Å². The second kappa shape index (κ2) is 7.25. The quantitative estimate of drug-likeness (QED) is 0.730. The van der Waals surface area contributed by atoms with Crippen molar-refractivity contribution in [1.82, 2.24) is 5.32 Å². The Morgan fingerprint density at radius 2 is 1.88 bits per heavy atom. The van der Waals surface area contributed by atoms with Gasteiger partial charge < -0.3 is 15.2 Å². The zero-order valence-electron chi connectivity index (χ0n) is 10.9. The van der Waals surface area contributed by atoms with E-state index in [1.165, 1.54) is 25.7 Å². The SMILES string of the molecule is COCC(O)CNC1CCC(C(C)C)CC1. The number of ether oxygens (including phenoxy) is 1. The Morgan fingerprint density at radius 1 is 1.25 bits per heavy atom. The van der Waals surface area contributed by atoms with Crippen LogP contribution >= 0.6 is 0 Å². The maximum Gasteiger partial charge on any atom is 0.0897 e. The molecule has 3 nitrogen and oxygen atoms in total. The van der Waals surface area contributed by atoms with Crippen molar-refractivity contribution in [3.8, 4) is 0 Å². The van der Waals surface area contributed by atoms with Gasteiger partial charge in [0.05, 0.1) is 12.7 Å². The van der Waals surface area contributed by atoms with Crippen LogP contribution in [0.2, 0.25) is 0 Å². The fourth-order valence-corrected chi connectivity index (χ4v) is 2.54. The van der Waals surface area contributed by atoms with Gasteiger partial charge in [-0.2, -0.15) is 0 Å². The van der Waals surface area contributed by atoms with Gasteiger partial charge in [0.1, 0.15) is 0 Å². The summed E-state index contributed by atoms with van der Waals surface area (Å²) in [6.07, 6.45) is 4.80. The van der Waals surface area contributed by atoms with E-state index in [4.69, 9.17) is 4.74 Å². The van der Waals surface area contributed by atoms with Crippen LogP contribution in [0.1, 0.15) is 39.5 Å². The van der Waals surface area contributed by atoms with Crippen LogP contribution in [0.3, 0.4) is 0 Å². The number of nitrogens with one attached hydrogen (secondary N) is 1. The monoisotopic (exact) mass is 229 g/mol. The molecule has 0 aromatic carbocycles.